The van der Waals surface area contributed by atoms with Crippen molar-refractivity contribution in [2.75, 3.05) is 19.7 Å². The summed E-state index contributed by atoms with van der Waals surface area (Å²) in [5.41, 5.74) is 2.85. The standard InChI is InChI=1S/C10H15NOS/c1-8-6-13-7-10(8)4-11-2-9(3-11)5-12/h6-7,9,12H,2-5H2,1H3. The Kier molecular flexibility index (Phi) is 2.67. The largest absolute Gasteiger partial charge is 0.396 e. The minimum absolute atomic E-state index is 0.346. The number of aliphatic hydroxyl groups is 1. The first-order chi connectivity index (χ1) is 6.29. The molecule has 1 aromatic rings. The number of nitrogens with zero attached hydrogens (tertiary/aromatic N) is 1. The Bertz CT molecular complexity index is 278. The molecule has 2 nitrogen and oxygen atoms in total. The number of aliphatic hydroxyl groups excluding tert-OH is 1. The van der Waals surface area contributed by atoms with Crippen LogP contribution in [0.4, 0.5) is 0 Å². The van der Waals surface area contributed by atoms with Crippen molar-refractivity contribution in [3.63, 3.8) is 0 Å². The third kappa shape index (κ3) is 1.93. The molecule has 13 heavy (non-hydrogen) atoms. The molecule has 0 aromatic carbocycles. The number of rotatable bonds is 3. The van der Waals surface area contributed by atoms with Crippen LogP contribution in [-0.4, -0.2) is 29.7 Å². The smallest absolute Gasteiger partial charge is 0.0483 e. The van der Waals surface area contributed by atoms with Crippen molar-refractivity contribution in [3.05, 3.63) is 21.9 Å². The predicted molar refractivity (Wildman–Crippen MR) is 54.9 cm³/mol. The van der Waals surface area contributed by atoms with Crippen molar-refractivity contribution in [3.8, 4) is 0 Å². The van der Waals surface area contributed by atoms with Gasteiger partial charge < -0.3 is 5.11 Å². The number of thiophene rings is 1. The summed E-state index contributed by atoms with van der Waals surface area (Å²) in [5, 5.41) is 13.3. The van der Waals surface area contributed by atoms with Crippen molar-refractivity contribution in [1.82, 2.24) is 4.90 Å². The quantitative estimate of drug-likeness (QED) is 0.793. The van der Waals surface area contributed by atoms with Gasteiger partial charge in [-0.2, -0.15) is 11.3 Å². The van der Waals surface area contributed by atoms with E-state index in [1.807, 2.05) is 0 Å². The second kappa shape index (κ2) is 3.78. The maximum absolute atomic E-state index is 8.86. The summed E-state index contributed by atoms with van der Waals surface area (Å²) in [7, 11) is 0. The summed E-state index contributed by atoms with van der Waals surface area (Å²) < 4.78 is 0. The Morgan fingerprint density at radius 1 is 1.54 bits per heavy atom. The first kappa shape index (κ1) is 9.19. The van der Waals surface area contributed by atoms with Gasteiger partial charge in [0.05, 0.1) is 0 Å². The molecule has 0 bridgehead atoms. The van der Waals surface area contributed by atoms with Gasteiger partial charge in [-0.1, -0.05) is 0 Å². The van der Waals surface area contributed by atoms with Crippen LogP contribution in [0.15, 0.2) is 10.8 Å². The molecule has 0 atom stereocenters. The number of aryl methyl sites for hydroxylation is 1. The van der Waals surface area contributed by atoms with Gasteiger partial charge in [0.1, 0.15) is 0 Å². The Morgan fingerprint density at radius 2 is 2.31 bits per heavy atom. The fourth-order valence-electron chi connectivity index (χ4n) is 1.71. The predicted octanol–water partition coefficient (Wildman–Crippen LogP) is 1.48. The van der Waals surface area contributed by atoms with Gasteiger partial charge in [0.25, 0.3) is 0 Å². The van der Waals surface area contributed by atoms with E-state index in [0.29, 0.717) is 12.5 Å². The minimum Gasteiger partial charge on any atom is -0.396 e. The molecule has 0 unspecified atom stereocenters. The second-order valence-corrected chi connectivity index (χ2v) is 4.57. The molecule has 0 spiro atoms. The molecule has 1 aliphatic rings. The third-order valence-corrected chi connectivity index (χ3v) is 3.56. The van der Waals surface area contributed by atoms with Crippen LogP contribution in [0.1, 0.15) is 11.1 Å². The lowest BCUT2D eigenvalue weighted by Gasteiger charge is -2.38. The van der Waals surface area contributed by atoms with Crippen molar-refractivity contribution in [2.45, 2.75) is 13.5 Å². The molecule has 3 heteroatoms. The number of hydrogen-bond acceptors (Lipinski definition) is 3. The van der Waals surface area contributed by atoms with E-state index < -0.39 is 0 Å². The highest BCUT2D eigenvalue weighted by Gasteiger charge is 2.25. The lowest BCUT2D eigenvalue weighted by Crippen LogP contribution is -2.47. The molecule has 1 fully saturated rings. The van der Waals surface area contributed by atoms with Gasteiger partial charge in [0.15, 0.2) is 0 Å². The highest BCUT2D eigenvalue weighted by molar-refractivity contribution is 7.08. The Hall–Kier alpha value is -0.380. The average molecular weight is 197 g/mol. The molecule has 0 saturated carbocycles. The van der Waals surface area contributed by atoms with Gasteiger partial charge in [-0.3, -0.25) is 4.90 Å². The summed E-state index contributed by atoms with van der Waals surface area (Å²) in [6, 6.07) is 0. The fourth-order valence-corrected chi connectivity index (χ4v) is 2.56. The van der Waals surface area contributed by atoms with E-state index in [2.05, 4.69) is 22.6 Å². The van der Waals surface area contributed by atoms with E-state index in [0.717, 1.165) is 19.6 Å². The Labute approximate surface area is 82.8 Å². The molecule has 1 aliphatic heterocycles. The van der Waals surface area contributed by atoms with E-state index in [4.69, 9.17) is 5.11 Å². The molecule has 1 N–H and O–H groups in total. The summed E-state index contributed by atoms with van der Waals surface area (Å²) in [4.78, 5) is 2.38. The van der Waals surface area contributed by atoms with Gasteiger partial charge >= 0.3 is 0 Å². The molecule has 0 amide bonds. The monoisotopic (exact) mass is 197 g/mol. The number of hydrogen-bond donors (Lipinski definition) is 1. The average Bonchev–Trinajstić information content (AvgIpc) is 2.43. The van der Waals surface area contributed by atoms with Crippen LogP contribution in [0, 0.1) is 12.8 Å². The second-order valence-electron chi connectivity index (χ2n) is 3.82. The molecular formula is C10H15NOS. The zero-order valence-electron chi connectivity index (χ0n) is 7.86. The van der Waals surface area contributed by atoms with Gasteiger partial charge in [0.2, 0.25) is 0 Å². The first-order valence-electron chi connectivity index (χ1n) is 4.64. The maximum atomic E-state index is 8.86. The first-order valence-corrected chi connectivity index (χ1v) is 5.58. The molecule has 2 heterocycles. The van der Waals surface area contributed by atoms with Gasteiger partial charge in [-0.15, -0.1) is 0 Å². The van der Waals surface area contributed by atoms with Crippen molar-refractivity contribution in [2.24, 2.45) is 5.92 Å². The SMILES string of the molecule is Cc1cscc1CN1CC(CO)C1. The lowest BCUT2D eigenvalue weighted by atomic mass is 10.0. The van der Waals surface area contributed by atoms with E-state index in [1.165, 1.54) is 11.1 Å². The minimum atomic E-state index is 0.346. The van der Waals surface area contributed by atoms with Crippen LogP contribution in [0.25, 0.3) is 0 Å². The molecule has 1 saturated heterocycles. The van der Waals surface area contributed by atoms with Crippen molar-refractivity contribution >= 4 is 11.3 Å². The van der Waals surface area contributed by atoms with Crippen molar-refractivity contribution in [1.29, 1.82) is 0 Å². The van der Waals surface area contributed by atoms with Crippen LogP contribution >= 0.6 is 11.3 Å². The highest BCUT2D eigenvalue weighted by Crippen LogP contribution is 2.21. The molecule has 0 radical (unpaired) electrons. The number of likely N-dealkylation sites (tertiary alicyclic amines) is 1. The Balaban J connectivity index is 1.84. The van der Waals surface area contributed by atoms with E-state index in [1.54, 1.807) is 11.3 Å². The third-order valence-electron chi connectivity index (χ3n) is 2.65. The van der Waals surface area contributed by atoms with E-state index in [-0.39, 0.29) is 0 Å². The van der Waals surface area contributed by atoms with Crippen LogP contribution in [0.2, 0.25) is 0 Å². The van der Waals surface area contributed by atoms with Crippen LogP contribution in [0.3, 0.4) is 0 Å². The summed E-state index contributed by atoms with van der Waals surface area (Å²) >= 11 is 1.77. The molecule has 72 valence electrons. The normalized spacial score (nSPS) is 18.9. The zero-order chi connectivity index (χ0) is 9.26. The van der Waals surface area contributed by atoms with Gasteiger partial charge in [-0.25, -0.2) is 0 Å². The van der Waals surface area contributed by atoms with E-state index in [9.17, 15) is 0 Å². The fraction of sp³-hybridized carbons (Fsp3) is 0.600. The summed E-state index contributed by atoms with van der Waals surface area (Å²) in [6.45, 7) is 5.69. The van der Waals surface area contributed by atoms with Gasteiger partial charge in [-0.05, 0) is 28.8 Å². The maximum Gasteiger partial charge on any atom is 0.0483 e. The summed E-state index contributed by atoms with van der Waals surface area (Å²) in [5.74, 6) is 0.527. The lowest BCUT2D eigenvalue weighted by molar-refractivity contribution is 0.0479. The zero-order valence-corrected chi connectivity index (χ0v) is 8.68. The molecule has 2 rings (SSSR count). The Morgan fingerprint density at radius 3 is 2.85 bits per heavy atom. The molecular weight excluding hydrogens is 182 g/mol. The highest BCUT2D eigenvalue weighted by atomic mass is 32.1. The van der Waals surface area contributed by atoms with Gasteiger partial charge in [0, 0.05) is 32.2 Å². The summed E-state index contributed by atoms with van der Waals surface area (Å²) in [6.07, 6.45) is 0. The van der Waals surface area contributed by atoms with Crippen LogP contribution < -0.4 is 0 Å². The molecule has 1 aromatic heterocycles. The van der Waals surface area contributed by atoms with Crippen LogP contribution in [0.5, 0.6) is 0 Å². The van der Waals surface area contributed by atoms with E-state index >= 15 is 0 Å². The topological polar surface area (TPSA) is 23.5 Å². The molecule has 0 aliphatic carbocycles. The van der Waals surface area contributed by atoms with Crippen molar-refractivity contribution < 1.29 is 5.11 Å². The van der Waals surface area contributed by atoms with Crippen LogP contribution in [-0.2, 0) is 6.54 Å².